The molecule has 2 rings (SSSR count). The number of nitrogen functional groups attached to an aromatic ring is 1. The molecule has 2 nitrogen and oxygen atoms in total. The summed E-state index contributed by atoms with van der Waals surface area (Å²) < 4.78 is 0. The smallest absolute Gasteiger partial charge is 0.0474 e. The number of benzene rings is 1. The average molecular weight is 197 g/mol. The number of halogens is 1. The van der Waals surface area contributed by atoms with Crippen LogP contribution in [0.4, 0.5) is 5.69 Å². The molecular weight excluding hydrogens is 184 g/mol. The van der Waals surface area contributed by atoms with Crippen LogP contribution in [0.15, 0.2) is 18.2 Å². The zero-order valence-electron chi connectivity index (χ0n) is 7.33. The van der Waals surface area contributed by atoms with Gasteiger partial charge in [0.1, 0.15) is 0 Å². The van der Waals surface area contributed by atoms with E-state index in [1.54, 1.807) is 6.07 Å². The van der Waals surface area contributed by atoms with E-state index in [0.717, 1.165) is 5.56 Å². The molecule has 0 saturated heterocycles. The predicted octanol–water partition coefficient (Wildman–Crippen LogP) is 2.33. The van der Waals surface area contributed by atoms with Crippen molar-refractivity contribution in [3.05, 3.63) is 28.8 Å². The van der Waals surface area contributed by atoms with Crippen LogP contribution in [-0.2, 0) is 0 Å². The minimum Gasteiger partial charge on any atom is -0.399 e. The van der Waals surface area contributed by atoms with E-state index in [9.17, 15) is 0 Å². The van der Waals surface area contributed by atoms with Gasteiger partial charge in [-0.1, -0.05) is 17.7 Å². The Hall–Kier alpha value is -0.730. The molecule has 1 unspecified atom stereocenters. The number of rotatable bonds is 2. The molecule has 1 aromatic rings. The van der Waals surface area contributed by atoms with Gasteiger partial charge in [-0.05, 0) is 36.5 Å². The summed E-state index contributed by atoms with van der Waals surface area (Å²) in [5.74, 6) is 0.626. The molecule has 0 spiro atoms. The first-order valence-electron chi connectivity index (χ1n) is 4.49. The Labute approximate surface area is 82.9 Å². The van der Waals surface area contributed by atoms with E-state index < -0.39 is 0 Å². The van der Waals surface area contributed by atoms with Crippen molar-refractivity contribution in [2.45, 2.75) is 18.9 Å². The molecule has 1 saturated carbocycles. The molecule has 70 valence electrons. The monoisotopic (exact) mass is 196 g/mol. The SMILES string of the molecule is Nc1ccc(C(N)C2CC2)c(Cl)c1. The van der Waals surface area contributed by atoms with Crippen LogP contribution in [0.3, 0.4) is 0 Å². The molecule has 0 heterocycles. The Morgan fingerprint density at radius 1 is 1.38 bits per heavy atom. The molecule has 0 amide bonds. The number of nitrogens with two attached hydrogens (primary N) is 2. The van der Waals surface area contributed by atoms with Crippen molar-refractivity contribution in [3.63, 3.8) is 0 Å². The first-order valence-corrected chi connectivity index (χ1v) is 4.87. The lowest BCUT2D eigenvalue weighted by Gasteiger charge is -2.12. The van der Waals surface area contributed by atoms with Gasteiger partial charge in [0.25, 0.3) is 0 Å². The summed E-state index contributed by atoms with van der Waals surface area (Å²) in [5, 5.41) is 0.694. The van der Waals surface area contributed by atoms with Gasteiger partial charge in [0.05, 0.1) is 0 Å². The molecule has 1 aliphatic rings. The van der Waals surface area contributed by atoms with Crippen LogP contribution in [0.5, 0.6) is 0 Å². The minimum absolute atomic E-state index is 0.0908. The third-order valence-corrected chi connectivity index (χ3v) is 2.84. The van der Waals surface area contributed by atoms with Gasteiger partial charge in [-0.2, -0.15) is 0 Å². The second-order valence-electron chi connectivity index (χ2n) is 3.64. The Kier molecular flexibility index (Phi) is 2.18. The molecule has 1 aliphatic carbocycles. The van der Waals surface area contributed by atoms with Crippen molar-refractivity contribution in [2.75, 3.05) is 5.73 Å². The maximum atomic E-state index is 6.04. The van der Waals surface area contributed by atoms with Gasteiger partial charge in [-0.15, -0.1) is 0 Å². The van der Waals surface area contributed by atoms with E-state index in [4.69, 9.17) is 23.1 Å². The van der Waals surface area contributed by atoms with Gasteiger partial charge in [0.15, 0.2) is 0 Å². The van der Waals surface area contributed by atoms with E-state index >= 15 is 0 Å². The maximum Gasteiger partial charge on any atom is 0.0474 e. The van der Waals surface area contributed by atoms with Gasteiger partial charge in [-0.3, -0.25) is 0 Å². The molecule has 1 aromatic carbocycles. The maximum absolute atomic E-state index is 6.04. The minimum atomic E-state index is 0.0908. The second-order valence-corrected chi connectivity index (χ2v) is 4.05. The van der Waals surface area contributed by atoms with Crippen LogP contribution >= 0.6 is 11.6 Å². The molecular formula is C10H13ClN2. The summed E-state index contributed by atoms with van der Waals surface area (Å²) >= 11 is 6.04. The lowest BCUT2D eigenvalue weighted by Crippen LogP contribution is -2.12. The molecule has 0 bridgehead atoms. The molecule has 4 N–H and O–H groups in total. The quantitative estimate of drug-likeness (QED) is 0.714. The second kappa shape index (κ2) is 3.20. The Bertz CT molecular complexity index is 321. The third kappa shape index (κ3) is 1.79. The number of anilines is 1. The first-order chi connectivity index (χ1) is 6.18. The zero-order valence-corrected chi connectivity index (χ0v) is 8.09. The van der Waals surface area contributed by atoms with Crippen LogP contribution in [0, 0.1) is 5.92 Å². The largest absolute Gasteiger partial charge is 0.399 e. The normalized spacial score (nSPS) is 18.6. The molecule has 1 atom stereocenters. The number of hydrogen-bond acceptors (Lipinski definition) is 2. The van der Waals surface area contributed by atoms with E-state index in [1.165, 1.54) is 12.8 Å². The zero-order chi connectivity index (χ0) is 9.42. The highest BCUT2D eigenvalue weighted by Gasteiger charge is 2.30. The lowest BCUT2D eigenvalue weighted by atomic mass is 10.0. The third-order valence-electron chi connectivity index (χ3n) is 2.51. The average Bonchev–Trinajstić information content (AvgIpc) is 2.85. The van der Waals surface area contributed by atoms with Crippen molar-refractivity contribution in [1.29, 1.82) is 0 Å². The van der Waals surface area contributed by atoms with Crippen molar-refractivity contribution in [2.24, 2.45) is 11.7 Å². The predicted molar refractivity (Wildman–Crippen MR) is 55.5 cm³/mol. The molecule has 0 aromatic heterocycles. The Balaban J connectivity index is 2.28. The van der Waals surface area contributed by atoms with E-state index in [0.29, 0.717) is 16.6 Å². The highest BCUT2D eigenvalue weighted by molar-refractivity contribution is 6.31. The van der Waals surface area contributed by atoms with Gasteiger partial charge in [-0.25, -0.2) is 0 Å². The van der Waals surface area contributed by atoms with Crippen LogP contribution < -0.4 is 11.5 Å². The van der Waals surface area contributed by atoms with Gasteiger partial charge >= 0.3 is 0 Å². The fourth-order valence-electron chi connectivity index (χ4n) is 1.52. The van der Waals surface area contributed by atoms with Crippen molar-refractivity contribution in [3.8, 4) is 0 Å². The van der Waals surface area contributed by atoms with Crippen LogP contribution in [0.1, 0.15) is 24.4 Å². The molecule has 0 radical (unpaired) electrons. The first kappa shape index (κ1) is 8.85. The van der Waals surface area contributed by atoms with Crippen LogP contribution in [0.25, 0.3) is 0 Å². The molecule has 3 heteroatoms. The van der Waals surface area contributed by atoms with E-state index in [-0.39, 0.29) is 6.04 Å². The van der Waals surface area contributed by atoms with Crippen LogP contribution in [0.2, 0.25) is 5.02 Å². The Morgan fingerprint density at radius 2 is 2.08 bits per heavy atom. The highest BCUT2D eigenvalue weighted by Crippen LogP contribution is 2.41. The lowest BCUT2D eigenvalue weighted by molar-refractivity contribution is 0.634. The van der Waals surface area contributed by atoms with Crippen molar-refractivity contribution in [1.82, 2.24) is 0 Å². The van der Waals surface area contributed by atoms with E-state index in [1.807, 2.05) is 12.1 Å². The molecule has 13 heavy (non-hydrogen) atoms. The van der Waals surface area contributed by atoms with Gasteiger partial charge in [0, 0.05) is 16.8 Å². The number of hydrogen-bond donors (Lipinski definition) is 2. The summed E-state index contributed by atoms with van der Waals surface area (Å²) in [5.41, 5.74) is 13.3. The molecule has 0 aliphatic heterocycles. The van der Waals surface area contributed by atoms with Crippen molar-refractivity contribution >= 4 is 17.3 Å². The van der Waals surface area contributed by atoms with E-state index in [2.05, 4.69) is 0 Å². The summed E-state index contributed by atoms with van der Waals surface area (Å²) in [6.07, 6.45) is 2.45. The summed E-state index contributed by atoms with van der Waals surface area (Å²) in [4.78, 5) is 0. The molecule has 1 fully saturated rings. The Morgan fingerprint density at radius 3 is 2.62 bits per heavy atom. The summed E-state index contributed by atoms with van der Waals surface area (Å²) in [6.45, 7) is 0. The van der Waals surface area contributed by atoms with Gasteiger partial charge in [0.2, 0.25) is 0 Å². The fraction of sp³-hybridized carbons (Fsp3) is 0.400. The summed E-state index contributed by atoms with van der Waals surface area (Å²) in [7, 11) is 0. The van der Waals surface area contributed by atoms with Crippen molar-refractivity contribution < 1.29 is 0 Å². The fourth-order valence-corrected chi connectivity index (χ4v) is 1.84. The highest BCUT2D eigenvalue weighted by atomic mass is 35.5. The summed E-state index contributed by atoms with van der Waals surface area (Å²) in [6, 6.07) is 5.64. The van der Waals surface area contributed by atoms with Gasteiger partial charge < -0.3 is 11.5 Å². The standard InChI is InChI=1S/C10H13ClN2/c11-9-5-7(12)3-4-8(9)10(13)6-1-2-6/h3-6,10H,1-2,12-13H2. The van der Waals surface area contributed by atoms with Crippen LogP contribution in [-0.4, -0.2) is 0 Å². The topological polar surface area (TPSA) is 52.0 Å².